The van der Waals surface area contributed by atoms with E-state index in [-0.39, 0.29) is 18.1 Å². The van der Waals surface area contributed by atoms with Crippen LogP contribution < -0.4 is 5.32 Å². The number of carbonyl (C=O) groups excluding carboxylic acids is 1. The van der Waals surface area contributed by atoms with Gasteiger partial charge in [0.2, 0.25) is 0 Å². The molecule has 1 amide bonds. The third kappa shape index (κ3) is 3.20. The van der Waals surface area contributed by atoms with Crippen LogP contribution in [0.5, 0.6) is 0 Å². The summed E-state index contributed by atoms with van der Waals surface area (Å²) in [6, 6.07) is 9.83. The molecular weight excluding hydrogens is 280 g/mol. The van der Waals surface area contributed by atoms with Gasteiger partial charge in [0, 0.05) is 12.7 Å². The molecule has 5 nitrogen and oxygen atoms in total. The predicted octanol–water partition coefficient (Wildman–Crippen LogP) is 2.94. The lowest BCUT2D eigenvalue weighted by Gasteiger charge is -2.32. The third-order valence-electron chi connectivity index (χ3n) is 3.91. The number of hydrogen-bond acceptors (Lipinski definition) is 4. The van der Waals surface area contributed by atoms with Crippen LogP contribution in [0, 0.1) is 13.8 Å². The number of ether oxygens (including phenoxy) is 1. The van der Waals surface area contributed by atoms with E-state index in [0.29, 0.717) is 18.1 Å². The van der Waals surface area contributed by atoms with Crippen LogP contribution in [-0.2, 0) is 4.74 Å². The van der Waals surface area contributed by atoms with Gasteiger partial charge in [0.05, 0.1) is 6.04 Å². The van der Waals surface area contributed by atoms with Crippen LogP contribution >= 0.6 is 0 Å². The molecule has 1 aromatic heterocycles. The summed E-state index contributed by atoms with van der Waals surface area (Å²) in [4.78, 5) is 12.3. The topological polar surface area (TPSA) is 64.4 Å². The van der Waals surface area contributed by atoms with Gasteiger partial charge in [-0.15, -0.1) is 0 Å². The van der Waals surface area contributed by atoms with E-state index in [1.807, 2.05) is 0 Å². The number of aryl methyl sites for hydroxylation is 2. The molecule has 2 heterocycles. The molecule has 5 heteroatoms. The largest absolute Gasteiger partial charge is 0.371 e. The van der Waals surface area contributed by atoms with Gasteiger partial charge in [0.1, 0.15) is 11.9 Å². The van der Waals surface area contributed by atoms with Gasteiger partial charge in [-0.1, -0.05) is 35.0 Å². The molecule has 0 bridgehead atoms. The molecule has 1 aromatic carbocycles. The van der Waals surface area contributed by atoms with Gasteiger partial charge in [0.15, 0.2) is 5.69 Å². The Morgan fingerprint density at radius 1 is 1.27 bits per heavy atom. The van der Waals surface area contributed by atoms with E-state index in [1.165, 1.54) is 5.56 Å². The zero-order valence-corrected chi connectivity index (χ0v) is 12.8. The Kier molecular flexibility index (Phi) is 4.24. The van der Waals surface area contributed by atoms with Crippen LogP contribution in [0.3, 0.4) is 0 Å². The summed E-state index contributed by atoms with van der Waals surface area (Å²) in [6.45, 7) is 4.54. The molecule has 22 heavy (non-hydrogen) atoms. The number of nitrogens with zero attached hydrogens (tertiary/aromatic N) is 1. The van der Waals surface area contributed by atoms with Crippen LogP contribution in [0.15, 0.2) is 34.9 Å². The summed E-state index contributed by atoms with van der Waals surface area (Å²) in [6.07, 6.45) is 1.71. The van der Waals surface area contributed by atoms with E-state index in [9.17, 15) is 4.79 Å². The zero-order chi connectivity index (χ0) is 15.5. The van der Waals surface area contributed by atoms with Gasteiger partial charge in [-0.2, -0.15) is 0 Å². The second kappa shape index (κ2) is 6.32. The minimum absolute atomic E-state index is 0.0547. The molecule has 116 valence electrons. The van der Waals surface area contributed by atoms with Crippen LogP contribution in [-0.4, -0.2) is 23.7 Å². The van der Waals surface area contributed by atoms with Gasteiger partial charge in [-0.25, -0.2) is 0 Å². The maximum Gasteiger partial charge on any atom is 0.273 e. The quantitative estimate of drug-likeness (QED) is 0.946. The van der Waals surface area contributed by atoms with Crippen molar-refractivity contribution in [2.45, 2.75) is 38.8 Å². The van der Waals surface area contributed by atoms with Crippen molar-refractivity contribution in [3.05, 3.63) is 52.9 Å². The van der Waals surface area contributed by atoms with Crippen LogP contribution in [0.2, 0.25) is 0 Å². The van der Waals surface area contributed by atoms with Crippen LogP contribution in [0.1, 0.15) is 46.3 Å². The van der Waals surface area contributed by atoms with E-state index in [0.717, 1.165) is 18.4 Å². The fraction of sp³-hybridized carbons (Fsp3) is 0.412. The van der Waals surface area contributed by atoms with Crippen molar-refractivity contribution < 1.29 is 14.1 Å². The van der Waals surface area contributed by atoms with Crippen molar-refractivity contribution in [1.29, 1.82) is 0 Å². The Balaban J connectivity index is 1.75. The summed E-state index contributed by atoms with van der Waals surface area (Å²) in [5.41, 5.74) is 2.61. The highest BCUT2D eigenvalue weighted by Gasteiger charge is 2.29. The first-order valence-electron chi connectivity index (χ1n) is 7.56. The number of carbonyl (C=O) groups is 1. The lowest BCUT2D eigenvalue weighted by atomic mass is 9.95. The summed E-state index contributed by atoms with van der Waals surface area (Å²) in [5, 5.41) is 6.79. The summed E-state index contributed by atoms with van der Waals surface area (Å²) < 4.78 is 10.9. The van der Waals surface area contributed by atoms with Gasteiger partial charge < -0.3 is 14.6 Å². The maximum absolute atomic E-state index is 12.3. The first kappa shape index (κ1) is 14.8. The average molecular weight is 300 g/mol. The summed E-state index contributed by atoms with van der Waals surface area (Å²) >= 11 is 0. The lowest BCUT2D eigenvalue weighted by molar-refractivity contribution is -0.00955. The molecule has 0 radical (unpaired) electrons. The molecule has 1 fully saturated rings. The molecule has 1 saturated heterocycles. The van der Waals surface area contributed by atoms with Crippen molar-refractivity contribution in [1.82, 2.24) is 10.5 Å². The van der Waals surface area contributed by atoms with Gasteiger partial charge in [-0.3, -0.25) is 4.79 Å². The van der Waals surface area contributed by atoms with Gasteiger partial charge in [0.25, 0.3) is 5.91 Å². The lowest BCUT2D eigenvalue weighted by Crippen LogP contribution is -2.42. The van der Waals surface area contributed by atoms with E-state index in [1.54, 1.807) is 13.0 Å². The van der Waals surface area contributed by atoms with E-state index in [4.69, 9.17) is 9.26 Å². The Bertz CT molecular complexity index is 648. The van der Waals surface area contributed by atoms with Crippen molar-refractivity contribution >= 4 is 5.91 Å². The first-order valence-corrected chi connectivity index (χ1v) is 7.56. The second-order valence-electron chi connectivity index (χ2n) is 5.75. The minimum atomic E-state index is -0.218. The van der Waals surface area contributed by atoms with Crippen molar-refractivity contribution in [3.8, 4) is 0 Å². The van der Waals surface area contributed by atoms with Crippen molar-refractivity contribution in [3.63, 3.8) is 0 Å². The first-order chi connectivity index (χ1) is 10.6. The summed E-state index contributed by atoms with van der Waals surface area (Å²) in [5.74, 6) is 0.407. The molecule has 3 rings (SSSR count). The van der Waals surface area contributed by atoms with E-state index in [2.05, 4.69) is 41.7 Å². The van der Waals surface area contributed by atoms with E-state index < -0.39 is 0 Å². The SMILES string of the molecule is Cc1ccc([C@H]2OCCC[C@H]2NC(=O)c2cc(C)on2)cc1. The predicted molar refractivity (Wildman–Crippen MR) is 81.6 cm³/mol. The minimum Gasteiger partial charge on any atom is -0.371 e. The highest BCUT2D eigenvalue weighted by atomic mass is 16.5. The molecule has 0 spiro atoms. The number of rotatable bonds is 3. The Labute approximate surface area is 129 Å². The molecule has 1 N–H and O–H groups in total. The molecule has 1 aliphatic rings. The molecule has 1 aliphatic heterocycles. The van der Waals surface area contributed by atoms with Crippen molar-refractivity contribution in [2.75, 3.05) is 6.61 Å². The number of nitrogens with one attached hydrogen (secondary N) is 1. The van der Waals surface area contributed by atoms with Gasteiger partial charge >= 0.3 is 0 Å². The van der Waals surface area contributed by atoms with E-state index >= 15 is 0 Å². The molecule has 2 aromatic rings. The van der Waals surface area contributed by atoms with Gasteiger partial charge in [-0.05, 0) is 32.3 Å². The Morgan fingerprint density at radius 2 is 2.05 bits per heavy atom. The molecule has 0 aliphatic carbocycles. The standard InChI is InChI=1S/C17H20N2O3/c1-11-5-7-13(8-6-11)16-14(4-3-9-21-16)18-17(20)15-10-12(2)22-19-15/h5-8,10,14,16H,3-4,9H2,1-2H3,(H,18,20)/t14-,16-/m1/s1. The number of hydrogen-bond donors (Lipinski definition) is 1. The Morgan fingerprint density at radius 3 is 2.73 bits per heavy atom. The molecule has 0 saturated carbocycles. The zero-order valence-electron chi connectivity index (χ0n) is 12.8. The monoisotopic (exact) mass is 300 g/mol. The van der Waals surface area contributed by atoms with Crippen LogP contribution in [0.4, 0.5) is 0 Å². The number of benzene rings is 1. The Hall–Kier alpha value is -2.14. The smallest absolute Gasteiger partial charge is 0.273 e. The highest BCUT2D eigenvalue weighted by Crippen LogP contribution is 2.28. The fourth-order valence-electron chi connectivity index (χ4n) is 2.73. The van der Waals surface area contributed by atoms with Crippen molar-refractivity contribution in [2.24, 2.45) is 0 Å². The summed E-state index contributed by atoms with van der Waals surface area (Å²) in [7, 11) is 0. The molecular formula is C17H20N2O3. The third-order valence-corrected chi connectivity index (χ3v) is 3.91. The highest BCUT2D eigenvalue weighted by molar-refractivity contribution is 5.92. The second-order valence-corrected chi connectivity index (χ2v) is 5.75. The normalized spacial score (nSPS) is 21.5. The molecule has 2 atom stereocenters. The average Bonchev–Trinajstić information content (AvgIpc) is 2.95. The number of amides is 1. The molecule has 0 unspecified atom stereocenters. The number of aromatic nitrogens is 1. The van der Waals surface area contributed by atoms with Crippen LogP contribution in [0.25, 0.3) is 0 Å². The maximum atomic E-state index is 12.3. The fourth-order valence-corrected chi connectivity index (χ4v) is 2.73.